The van der Waals surface area contributed by atoms with Crippen LogP contribution in [0.2, 0.25) is 0 Å². The van der Waals surface area contributed by atoms with Crippen molar-refractivity contribution in [3.63, 3.8) is 0 Å². The summed E-state index contributed by atoms with van der Waals surface area (Å²) in [4.78, 5) is 25.5. The van der Waals surface area contributed by atoms with Crippen LogP contribution in [-0.4, -0.2) is 18.7 Å². The standard InChI is InChI=1S/C27H28NO3.BrH/c1-18-5-4-6-20(13-18)16-28-12-11-22(26(17-28)19(2)29)14-23-8-7-21-15-24(31-3)9-10-25(21)27(23)30;/h4-6,9-13,15,17,23H,7-8,14,16H2,1-3H3;1H/q+1;/p-1. The lowest BCUT2D eigenvalue weighted by Gasteiger charge is -2.24. The van der Waals surface area contributed by atoms with E-state index >= 15 is 0 Å². The summed E-state index contributed by atoms with van der Waals surface area (Å²) in [6, 6.07) is 16.0. The molecule has 1 heterocycles. The Morgan fingerprint density at radius 3 is 2.69 bits per heavy atom. The molecule has 0 saturated carbocycles. The molecule has 5 heteroatoms. The van der Waals surface area contributed by atoms with E-state index in [1.165, 1.54) is 11.1 Å². The van der Waals surface area contributed by atoms with Crippen molar-refractivity contribution in [1.29, 1.82) is 0 Å². The first-order valence-corrected chi connectivity index (χ1v) is 10.7. The van der Waals surface area contributed by atoms with Gasteiger partial charge in [0, 0.05) is 23.1 Å². The van der Waals surface area contributed by atoms with E-state index in [1.54, 1.807) is 14.0 Å². The van der Waals surface area contributed by atoms with E-state index in [2.05, 4.69) is 25.1 Å². The predicted molar refractivity (Wildman–Crippen MR) is 120 cm³/mol. The van der Waals surface area contributed by atoms with Crippen LogP contribution in [-0.2, 0) is 19.4 Å². The van der Waals surface area contributed by atoms with Crippen LogP contribution in [0.5, 0.6) is 5.75 Å². The molecule has 0 amide bonds. The van der Waals surface area contributed by atoms with Gasteiger partial charge >= 0.3 is 0 Å². The van der Waals surface area contributed by atoms with Crippen LogP contribution >= 0.6 is 0 Å². The van der Waals surface area contributed by atoms with Gasteiger partial charge in [-0.05, 0) is 68.5 Å². The molecule has 3 aromatic rings. The highest BCUT2D eigenvalue weighted by Crippen LogP contribution is 2.31. The molecule has 1 aliphatic rings. The molecule has 0 radical (unpaired) electrons. The van der Waals surface area contributed by atoms with Gasteiger partial charge in [0.1, 0.15) is 5.75 Å². The molecular formula is C27H28BrNO3. The lowest BCUT2D eigenvalue weighted by atomic mass is 9.79. The minimum Gasteiger partial charge on any atom is -1.00 e. The smallest absolute Gasteiger partial charge is 0.180 e. The molecule has 2 aromatic carbocycles. The summed E-state index contributed by atoms with van der Waals surface area (Å²) in [7, 11) is 1.64. The normalized spacial score (nSPS) is 15.0. The van der Waals surface area contributed by atoms with Crippen molar-refractivity contribution in [2.24, 2.45) is 5.92 Å². The number of methoxy groups -OCH3 is 1. The molecule has 0 bridgehead atoms. The zero-order valence-corrected chi connectivity index (χ0v) is 20.3. The highest BCUT2D eigenvalue weighted by Gasteiger charge is 2.29. The number of fused-ring (bicyclic) bond motifs is 1. The Labute approximate surface area is 200 Å². The second-order valence-electron chi connectivity index (χ2n) is 8.43. The van der Waals surface area contributed by atoms with Gasteiger partial charge in [-0.15, -0.1) is 0 Å². The Morgan fingerprint density at radius 2 is 1.97 bits per heavy atom. The Morgan fingerprint density at radius 1 is 1.16 bits per heavy atom. The van der Waals surface area contributed by atoms with E-state index in [9.17, 15) is 9.59 Å². The molecule has 4 rings (SSSR count). The number of carbonyl (C=O) groups excluding carboxylic acids is 2. The number of aryl methyl sites for hydroxylation is 2. The number of hydrogen-bond donors (Lipinski definition) is 0. The molecule has 0 saturated heterocycles. The van der Waals surface area contributed by atoms with Crippen molar-refractivity contribution in [2.45, 2.75) is 39.7 Å². The van der Waals surface area contributed by atoms with E-state index in [0.717, 1.165) is 35.3 Å². The zero-order valence-electron chi connectivity index (χ0n) is 18.7. The molecule has 0 fully saturated rings. The van der Waals surface area contributed by atoms with Crippen LogP contribution in [0.25, 0.3) is 0 Å². The highest BCUT2D eigenvalue weighted by molar-refractivity contribution is 6.01. The van der Waals surface area contributed by atoms with Crippen molar-refractivity contribution < 1.29 is 35.9 Å². The third kappa shape index (κ3) is 5.16. The molecule has 166 valence electrons. The Balaban J connectivity index is 0.00000289. The van der Waals surface area contributed by atoms with Crippen LogP contribution in [0, 0.1) is 12.8 Å². The number of rotatable bonds is 6. The molecule has 1 atom stereocenters. The van der Waals surface area contributed by atoms with Crippen molar-refractivity contribution in [3.05, 3.63) is 94.3 Å². The predicted octanol–water partition coefficient (Wildman–Crippen LogP) is 1.53. The summed E-state index contributed by atoms with van der Waals surface area (Å²) in [6.07, 6.45) is 6.15. The minimum atomic E-state index is -0.105. The van der Waals surface area contributed by atoms with Gasteiger partial charge in [-0.2, -0.15) is 0 Å². The summed E-state index contributed by atoms with van der Waals surface area (Å²) < 4.78 is 7.33. The van der Waals surface area contributed by atoms with Gasteiger partial charge in [-0.1, -0.05) is 23.8 Å². The third-order valence-electron chi connectivity index (χ3n) is 6.11. The minimum absolute atomic E-state index is 0. The van der Waals surface area contributed by atoms with Crippen LogP contribution in [0.15, 0.2) is 60.9 Å². The highest BCUT2D eigenvalue weighted by atomic mass is 79.9. The second kappa shape index (κ2) is 10.2. The summed E-state index contributed by atoms with van der Waals surface area (Å²) in [6.45, 7) is 4.38. The first kappa shape index (κ1) is 23.9. The summed E-state index contributed by atoms with van der Waals surface area (Å²) in [5.74, 6) is 0.869. The van der Waals surface area contributed by atoms with Crippen molar-refractivity contribution >= 4 is 11.6 Å². The van der Waals surface area contributed by atoms with Gasteiger partial charge in [0.2, 0.25) is 0 Å². The number of ether oxygens (including phenoxy) is 1. The SMILES string of the molecule is COc1ccc2c(c1)CCC(Cc1cc[n+](Cc3cccc(C)c3)cc1C(C)=O)C2=O.[Br-]. The van der Waals surface area contributed by atoms with Crippen molar-refractivity contribution in [2.75, 3.05) is 7.11 Å². The van der Waals surface area contributed by atoms with Crippen LogP contribution in [0.1, 0.15) is 56.3 Å². The lowest BCUT2D eigenvalue weighted by molar-refractivity contribution is -0.688. The third-order valence-corrected chi connectivity index (χ3v) is 6.11. The summed E-state index contributed by atoms with van der Waals surface area (Å²) in [5, 5.41) is 0. The number of Topliss-reactive ketones (excluding diaryl/α,β-unsaturated/α-hetero) is 2. The molecule has 0 N–H and O–H groups in total. The van der Waals surface area contributed by atoms with E-state index in [0.29, 0.717) is 18.5 Å². The molecule has 0 aliphatic heterocycles. The Kier molecular flexibility index (Phi) is 7.62. The van der Waals surface area contributed by atoms with Crippen LogP contribution in [0.3, 0.4) is 0 Å². The number of hydrogen-bond acceptors (Lipinski definition) is 3. The fourth-order valence-corrected chi connectivity index (χ4v) is 4.47. The largest absolute Gasteiger partial charge is 1.00 e. The molecule has 1 unspecified atom stereocenters. The number of halogens is 1. The second-order valence-corrected chi connectivity index (χ2v) is 8.43. The topological polar surface area (TPSA) is 47.2 Å². The number of pyridine rings is 1. The number of nitrogens with zero attached hydrogens (tertiary/aromatic N) is 1. The molecule has 32 heavy (non-hydrogen) atoms. The van der Waals surface area contributed by atoms with E-state index < -0.39 is 0 Å². The van der Waals surface area contributed by atoms with Crippen LogP contribution in [0.4, 0.5) is 0 Å². The van der Waals surface area contributed by atoms with E-state index in [4.69, 9.17) is 4.74 Å². The summed E-state index contributed by atoms with van der Waals surface area (Å²) in [5.41, 5.74) is 5.90. The van der Waals surface area contributed by atoms with Crippen molar-refractivity contribution in [3.8, 4) is 5.75 Å². The molecule has 1 aromatic heterocycles. The summed E-state index contributed by atoms with van der Waals surface area (Å²) >= 11 is 0. The van der Waals surface area contributed by atoms with Crippen LogP contribution < -0.4 is 26.3 Å². The average molecular weight is 494 g/mol. The maximum atomic E-state index is 13.1. The first-order valence-electron chi connectivity index (χ1n) is 10.7. The monoisotopic (exact) mass is 493 g/mol. The van der Waals surface area contributed by atoms with E-state index in [1.807, 2.05) is 47.3 Å². The van der Waals surface area contributed by atoms with Crippen molar-refractivity contribution in [1.82, 2.24) is 0 Å². The van der Waals surface area contributed by atoms with Gasteiger partial charge in [-0.3, -0.25) is 9.59 Å². The average Bonchev–Trinajstić information content (AvgIpc) is 2.76. The van der Waals surface area contributed by atoms with E-state index in [-0.39, 0.29) is 34.5 Å². The molecule has 0 spiro atoms. The van der Waals surface area contributed by atoms with Gasteiger partial charge in [0.25, 0.3) is 0 Å². The van der Waals surface area contributed by atoms with Gasteiger partial charge in [-0.25, -0.2) is 4.57 Å². The first-order chi connectivity index (χ1) is 14.9. The fraction of sp³-hybridized carbons (Fsp3) is 0.296. The molecule has 1 aliphatic carbocycles. The number of ketones is 2. The molecular weight excluding hydrogens is 466 g/mol. The Bertz CT molecular complexity index is 1160. The maximum absolute atomic E-state index is 13.1. The fourth-order valence-electron chi connectivity index (χ4n) is 4.47. The number of carbonyl (C=O) groups is 2. The number of aromatic nitrogens is 1. The van der Waals surface area contributed by atoms with Gasteiger partial charge in [0.05, 0.1) is 12.7 Å². The number of benzene rings is 2. The quantitative estimate of drug-likeness (QED) is 0.386. The Hall–Kier alpha value is -2.79. The van der Waals surface area contributed by atoms with Gasteiger partial charge in [0.15, 0.2) is 30.5 Å². The zero-order chi connectivity index (χ0) is 22.0. The maximum Gasteiger partial charge on any atom is 0.180 e. The van der Waals surface area contributed by atoms with Gasteiger partial charge < -0.3 is 21.7 Å². The molecule has 4 nitrogen and oxygen atoms in total. The lowest BCUT2D eigenvalue weighted by Crippen LogP contribution is -3.00.